The van der Waals surface area contributed by atoms with Crippen molar-refractivity contribution in [1.29, 1.82) is 0 Å². The minimum atomic E-state index is -4.47. The van der Waals surface area contributed by atoms with Crippen LogP contribution in [0.2, 0.25) is 0 Å². The minimum absolute atomic E-state index is 0.0389. The normalized spacial score (nSPS) is 11.5. The highest BCUT2D eigenvalue weighted by atomic mass is 19.4. The molecular formula is C23H23F3N2O4. The maximum absolute atomic E-state index is 13.3. The van der Waals surface area contributed by atoms with Gasteiger partial charge in [-0.05, 0) is 36.8 Å². The van der Waals surface area contributed by atoms with Crippen LogP contribution >= 0.6 is 0 Å². The van der Waals surface area contributed by atoms with E-state index in [4.69, 9.17) is 9.47 Å². The monoisotopic (exact) mass is 448 g/mol. The van der Waals surface area contributed by atoms with Crippen molar-refractivity contribution in [1.82, 2.24) is 9.47 Å². The SMILES string of the molecule is CCn1cc(C(=O)N(C)Cc2cccc(C(F)(F)F)c2)c2cc(OC)c(OC)cc2c1=O. The third-order valence-corrected chi connectivity index (χ3v) is 5.18. The Morgan fingerprint density at radius 3 is 2.25 bits per heavy atom. The molecule has 0 bridgehead atoms. The second-order valence-electron chi connectivity index (χ2n) is 7.25. The van der Waals surface area contributed by atoms with E-state index in [1.165, 1.54) is 55.1 Å². The van der Waals surface area contributed by atoms with Crippen LogP contribution < -0.4 is 15.0 Å². The maximum atomic E-state index is 13.3. The number of aromatic nitrogens is 1. The van der Waals surface area contributed by atoms with Crippen molar-refractivity contribution >= 4 is 16.7 Å². The summed E-state index contributed by atoms with van der Waals surface area (Å²) in [6.07, 6.45) is -3.01. The number of pyridine rings is 1. The number of methoxy groups -OCH3 is 2. The van der Waals surface area contributed by atoms with E-state index in [-0.39, 0.29) is 23.1 Å². The number of ether oxygens (including phenoxy) is 2. The molecule has 0 saturated carbocycles. The van der Waals surface area contributed by atoms with Crippen LogP contribution in [0.1, 0.15) is 28.4 Å². The molecule has 0 spiro atoms. The van der Waals surface area contributed by atoms with Crippen LogP contribution in [-0.4, -0.2) is 36.6 Å². The topological polar surface area (TPSA) is 60.8 Å². The van der Waals surface area contributed by atoms with Gasteiger partial charge in [0.1, 0.15) is 0 Å². The largest absolute Gasteiger partial charge is 0.493 e. The van der Waals surface area contributed by atoms with Crippen LogP contribution in [0.4, 0.5) is 13.2 Å². The van der Waals surface area contributed by atoms with Crippen molar-refractivity contribution in [2.75, 3.05) is 21.3 Å². The van der Waals surface area contributed by atoms with E-state index in [9.17, 15) is 22.8 Å². The first kappa shape index (κ1) is 23.2. The Balaban J connectivity index is 2.07. The Labute approximate surface area is 182 Å². The van der Waals surface area contributed by atoms with Crippen molar-refractivity contribution < 1.29 is 27.4 Å². The first-order chi connectivity index (χ1) is 15.1. The summed E-state index contributed by atoms with van der Waals surface area (Å²) in [4.78, 5) is 27.4. The molecule has 3 rings (SSSR count). The molecule has 1 amide bonds. The molecule has 0 aliphatic heterocycles. The van der Waals surface area contributed by atoms with Gasteiger partial charge in [0.25, 0.3) is 11.5 Å². The molecule has 0 saturated heterocycles. The van der Waals surface area contributed by atoms with Crippen molar-refractivity contribution in [3.63, 3.8) is 0 Å². The number of aryl methyl sites for hydroxylation is 1. The highest BCUT2D eigenvalue weighted by Gasteiger charge is 2.30. The molecule has 2 aromatic carbocycles. The zero-order valence-electron chi connectivity index (χ0n) is 18.1. The van der Waals surface area contributed by atoms with Gasteiger partial charge in [-0.3, -0.25) is 9.59 Å². The standard InChI is InChI=1S/C23H23F3N2O4/c1-5-28-13-18(16-10-19(31-3)20(32-4)11-17(16)22(28)30)21(29)27(2)12-14-7-6-8-15(9-14)23(24,25)26/h6-11,13H,5,12H2,1-4H3. The van der Waals surface area contributed by atoms with Gasteiger partial charge in [-0.1, -0.05) is 12.1 Å². The summed E-state index contributed by atoms with van der Waals surface area (Å²) >= 11 is 0. The lowest BCUT2D eigenvalue weighted by Gasteiger charge is -2.20. The van der Waals surface area contributed by atoms with Crippen LogP contribution in [0.3, 0.4) is 0 Å². The Kier molecular flexibility index (Phi) is 6.47. The van der Waals surface area contributed by atoms with E-state index >= 15 is 0 Å². The average molecular weight is 448 g/mol. The van der Waals surface area contributed by atoms with Crippen LogP contribution in [0, 0.1) is 0 Å². The number of amides is 1. The second kappa shape index (κ2) is 8.94. The third kappa shape index (κ3) is 4.42. The van der Waals surface area contributed by atoms with E-state index in [2.05, 4.69) is 0 Å². The maximum Gasteiger partial charge on any atom is 0.416 e. The van der Waals surface area contributed by atoms with Gasteiger partial charge < -0.3 is 18.9 Å². The van der Waals surface area contributed by atoms with Crippen molar-refractivity contribution in [2.24, 2.45) is 0 Å². The van der Waals surface area contributed by atoms with E-state index in [1.807, 2.05) is 0 Å². The summed E-state index contributed by atoms with van der Waals surface area (Å²) < 4.78 is 51.1. The fourth-order valence-electron chi connectivity index (χ4n) is 3.52. The lowest BCUT2D eigenvalue weighted by molar-refractivity contribution is -0.137. The molecule has 3 aromatic rings. The number of halogens is 3. The molecule has 0 N–H and O–H groups in total. The number of rotatable bonds is 6. The van der Waals surface area contributed by atoms with Gasteiger partial charge in [0.15, 0.2) is 11.5 Å². The van der Waals surface area contributed by atoms with Crippen molar-refractivity contribution in [3.8, 4) is 11.5 Å². The molecule has 1 heterocycles. The summed E-state index contributed by atoms with van der Waals surface area (Å²) in [5.74, 6) is 0.256. The zero-order chi connectivity index (χ0) is 23.6. The smallest absolute Gasteiger partial charge is 0.416 e. The van der Waals surface area contributed by atoms with Gasteiger partial charge in [-0.25, -0.2) is 0 Å². The van der Waals surface area contributed by atoms with Crippen LogP contribution in [-0.2, 0) is 19.3 Å². The third-order valence-electron chi connectivity index (χ3n) is 5.18. The van der Waals surface area contributed by atoms with Crippen molar-refractivity contribution in [3.05, 3.63) is 69.6 Å². The fraction of sp³-hybridized carbons (Fsp3) is 0.304. The highest BCUT2D eigenvalue weighted by molar-refractivity contribution is 6.07. The zero-order valence-corrected chi connectivity index (χ0v) is 18.1. The van der Waals surface area contributed by atoms with Gasteiger partial charge in [0, 0.05) is 31.7 Å². The summed E-state index contributed by atoms with van der Waals surface area (Å²) in [6, 6.07) is 7.91. The van der Waals surface area contributed by atoms with Crippen molar-refractivity contribution in [2.45, 2.75) is 26.2 Å². The Morgan fingerprint density at radius 1 is 1.06 bits per heavy atom. The van der Waals surface area contributed by atoms with Gasteiger partial charge in [0.05, 0.1) is 30.7 Å². The van der Waals surface area contributed by atoms with Crippen LogP contribution in [0.5, 0.6) is 11.5 Å². The predicted octanol–water partition coefficient (Wildman–Crippen LogP) is 4.33. The van der Waals surface area contributed by atoms with Crippen LogP contribution in [0.15, 0.2) is 47.4 Å². The molecule has 9 heteroatoms. The van der Waals surface area contributed by atoms with E-state index in [0.29, 0.717) is 29.0 Å². The van der Waals surface area contributed by atoms with E-state index < -0.39 is 17.6 Å². The van der Waals surface area contributed by atoms with Gasteiger partial charge in [-0.15, -0.1) is 0 Å². The lowest BCUT2D eigenvalue weighted by Crippen LogP contribution is -2.29. The number of carbonyl (C=O) groups is 1. The number of hydrogen-bond acceptors (Lipinski definition) is 4. The molecule has 0 aliphatic rings. The molecule has 1 aromatic heterocycles. The number of benzene rings is 2. The lowest BCUT2D eigenvalue weighted by atomic mass is 10.0. The summed E-state index contributed by atoms with van der Waals surface area (Å²) in [6.45, 7) is 2.07. The van der Waals surface area contributed by atoms with Crippen LogP contribution in [0.25, 0.3) is 10.8 Å². The summed E-state index contributed by atoms with van der Waals surface area (Å²) in [7, 11) is 4.38. The molecule has 0 unspecified atom stereocenters. The van der Waals surface area contributed by atoms with Gasteiger partial charge in [0.2, 0.25) is 0 Å². The molecule has 0 radical (unpaired) electrons. The molecule has 0 fully saturated rings. The molecule has 0 atom stereocenters. The van der Waals surface area contributed by atoms with E-state index in [0.717, 1.165) is 12.1 Å². The van der Waals surface area contributed by atoms with Gasteiger partial charge in [-0.2, -0.15) is 13.2 Å². The molecule has 170 valence electrons. The number of fused-ring (bicyclic) bond motifs is 1. The fourth-order valence-corrected chi connectivity index (χ4v) is 3.52. The quantitative estimate of drug-likeness (QED) is 0.563. The number of hydrogen-bond donors (Lipinski definition) is 0. The Bertz CT molecular complexity index is 1220. The minimum Gasteiger partial charge on any atom is -0.493 e. The first-order valence-electron chi connectivity index (χ1n) is 9.81. The predicted molar refractivity (Wildman–Crippen MR) is 114 cm³/mol. The number of carbonyl (C=O) groups excluding carboxylic acids is 1. The first-order valence-corrected chi connectivity index (χ1v) is 9.81. The Morgan fingerprint density at radius 2 is 1.69 bits per heavy atom. The molecule has 0 aliphatic carbocycles. The van der Waals surface area contributed by atoms with E-state index in [1.54, 1.807) is 13.0 Å². The number of nitrogens with zero attached hydrogens (tertiary/aromatic N) is 2. The number of alkyl halides is 3. The molecule has 6 nitrogen and oxygen atoms in total. The van der Waals surface area contributed by atoms with Gasteiger partial charge >= 0.3 is 6.18 Å². The highest BCUT2D eigenvalue weighted by Crippen LogP contribution is 2.33. The Hall–Kier alpha value is -3.49. The molecule has 32 heavy (non-hydrogen) atoms. The average Bonchev–Trinajstić information content (AvgIpc) is 2.77. The second-order valence-corrected chi connectivity index (χ2v) is 7.25. The molecular weight excluding hydrogens is 425 g/mol. The summed E-state index contributed by atoms with van der Waals surface area (Å²) in [5, 5.41) is 0.654. The summed E-state index contributed by atoms with van der Waals surface area (Å²) in [5.41, 5.74) is -0.502.